The maximum Gasteiger partial charge on any atom is 0.295 e. The molecule has 2 fully saturated rings. The Morgan fingerprint density at radius 3 is 2.40 bits per heavy atom. The van der Waals surface area contributed by atoms with Crippen molar-refractivity contribution in [2.75, 3.05) is 54.1 Å². The van der Waals surface area contributed by atoms with Gasteiger partial charge >= 0.3 is 0 Å². The molecule has 0 unspecified atom stereocenters. The molecule has 6 rings (SSSR count). The van der Waals surface area contributed by atoms with Crippen LogP contribution in [0.25, 0.3) is 10.9 Å². The summed E-state index contributed by atoms with van der Waals surface area (Å²) < 4.78 is 23.7. The average molecular weight is 501 g/mol. The van der Waals surface area contributed by atoms with Crippen LogP contribution in [0.5, 0.6) is 0 Å². The zero-order valence-electron chi connectivity index (χ0n) is 18.7. The molecule has 3 aromatic heterocycles. The Hall–Kier alpha value is -3.78. The molecule has 14 heteroatoms. The van der Waals surface area contributed by atoms with E-state index in [1.807, 2.05) is 0 Å². The number of pyridine rings is 1. The van der Waals surface area contributed by atoms with Crippen LogP contribution in [0.3, 0.4) is 0 Å². The highest BCUT2D eigenvalue weighted by molar-refractivity contribution is 6.99. The van der Waals surface area contributed by atoms with Gasteiger partial charge in [0.05, 0.1) is 34.4 Å². The number of aromatic amines is 1. The number of hydrogen-bond donors (Lipinski definition) is 3. The topological polar surface area (TPSA) is 126 Å². The molecule has 0 aromatic carbocycles. The number of H-pyrrole nitrogens is 1. The summed E-state index contributed by atoms with van der Waals surface area (Å²) in [7, 11) is 0. The van der Waals surface area contributed by atoms with Crippen molar-refractivity contribution in [2.45, 2.75) is 12.8 Å². The van der Waals surface area contributed by atoms with Gasteiger partial charge in [0, 0.05) is 59.3 Å². The Kier molecular flexibility index (Phi) is 5.45. The van der Waals surface area contributed by atoms with Crippen LogP contribution in [0.15, 0.2) is 24.8 Å². The molecular weight excluding hydrogens is 475 g/mol. The Bertz CT molecular complexity index is 1320. The summed E-state index contributed by atoms with van der Waals surface area (Å²) >= 11 is 1.19. The fourth-order valence-corrected chi connectivity index (χ4v) is 5.31. The van der Waals surface area contributed by atoms with Crippen molar-refractivity contribution < 1.29 is 15.4 Å². The summed E-state index contributed by atoms with van der Waals surface area (Å²) in [5, 5.41) is 1.58. The first-order chi connectivity index (χ1) is 17.1. The first-order valence-electron chi connectivity index (χ1n) is 11.4. The standard InChI is InChI=1S/C21H23FN10O2S.H2/c22-14-12-24-18(32-6-3-25-28-32)16-15(14)13(11-23-16)17(33)21(34)31-9-7-30(8-10-31)20-19(26-35-27-20)29-4-1-2-5-29;/h3,6,11-12,23,25,28H,1-2,4-5,7-10H2;1H. The van der Waals surface area contributed by atoms with Crippen LogP contribution < -0.4 is 25.8 Å². The van der Waals surface area contributed by atoms with Gasteiger partial charge in [0.1, 0.15) is 0 Å². The van der Waals surface area contributed by atoms with Crippen LogP contribution in [0, 0.1) is 5.82 Å². The smallest absolute Gasteiger partial charge is 0.295 e. The minimum atomic E-state index is -0.753. The number of halogens is 1. The van der Waals surface area contributed by atoms with E-state index in [0.29, 0.717) is 37.5 Å². The lowest BCUT2D eigenvalue weighted by molar-refractivity contribution is -0.126. The molecule has 12 nitrogen and oxygen atoms in total. The monoisotopic (exact) mass is 500 g/mol. The summed E-state index contributed by atoms with van der Waals surface area (Å²) in [6.45, 7) is 3.78. The molecule has 3 aromatic rings. The van der Waals surface area contributed by atoms with Gasteiger partial charge in [-0.3, -0.25) is 9.59 Å². The SMILES string of the molecule is O=C(C(=O)N1CCN(c2nsnc2N2CCCC2)CC1)c1c[nH]c2c(N3C=CNN3)ncc(F)c12.[HH]. The summed E-state index contributed by atoms with van der Waals surface area (Å²) in [6.07, 6.45) is 8.01. The lowest BCUT2D eigenvalue weighted by Crippen LogP contribution is -2.51. The molecule has 6 heterocycles. The maximum absolute atomic E-state index is 14.7. The molecule has 3 N–H and O–H groups in total. The highest BCUT2D eigenvalue weighted by Gasteiger charge is 2.32. The summed E-state index contributed by atoms with van der Waals surface area (Å²) in [4.78, 5) is 39.1. The van der Waals surface area contributed by atoms with Crippen molar-refractivity contribution in [3.8, 4) is 0 Å². The van der Waals surface area contributed by atoms with Crippen molar-refractivity contribution in [3.63, 3.8) is 0 Å². The van der Waals surface area contributed by atoms with Gasteiger partial charge in [-0.05, 0) is 12.8 Å². The maximum atomic E-state index is 14.7. The minimum Gasteiger partial charge on any atom is -0.357 e. The van der Waals surface area contributed by atoms with Gasteiger partial charge in [-0.15, -0.1) is 5.53 Å². The first-order valence-corrected chi connectivity index (χ1v) is 12.1. The van der Waals surface area contributed by atoms with Crippen molar-refractivity contribution in [1.82, 2.24) is 34.6 Å². The molecular formula is C21H25FN10O2S. The van der Waals surface area contributed by atoms with Crippen molar-refractivity contribution in [3.05, 3.63) is 36.2 Å². The Labute approximate surface area is 205 Å². The van der Waals surface area contributed by atoms with Crippen molar-refractivity contribution in [1.29, 1.82) is 0 Å². The molecule has 35 heavy (non-hydrogen) atoms. The number of carbonyl (C=O) groups is 2. The molecule has 0 saturated carbocycles. The number of rotatable bonds is 5. The fourth-order valence-electron chi connectivity index (χ4n) is 4.72. The van der Waals surface area contributed by atoms with E-state index in [1.165, 1.54) is 27.8 Å². The van der Waals surface area contributed by atoms with Crippen LogP contribution in [0.4, 0.5) is 21.8 Å². The number of amides is 1. The van der Waals surface area contributed by atoms with Gasteiger partial charge in [0.2, 0.25) is 0 Å². The highest BCUT2D eigenvalue weighted by Crippen LogP contribution is 2.31. The number of hydrogen-bond acceptors (Lipinski definition) is 11. The number of ketones is 1. The van der Waals surface area contributed by atoms with Gasteiger partial charge in [0.25, 0.3) is 11.7 Å². The van der Waals surface area contributed by atoms with Crippen molar-refractivity contribution >= 4 is 51.8 Å². The lowest BCUT2D eigenvalue weighted by Gasteiger charge is -2.35. The van der Waals surface area contributed by atoms with E-state index in [9.17, 15) is 14.0 Å². The fraction of sp³-hybridized carbons (Fsp3) is 0.381. The normalized spacial score (nSPS) is 18.1. The van der Waals surface area contributed by atoms with E-state index in [2.05, 4.69) is 39.5 Å². The second kappa shape index (κ2) is 8.78. The number of hydrazine groups is 2. The predicted octanol–water partition coefficient (Wildman–Crippen LogP) is 1.23. The third-order valence-corrected chi connectivity index (χ3v) is 7.04. The molecule has 2 saturated heterocycles. The summed E-state index contributed by atoms with van der Waals surface area (Å²) in [5.74, 6) is 0.0333. The quantitative estimate of drug-likeness (QED) is 0.348. The van der Waals surface area contributed by atoms with E-state index in [0.717, 1.165) is 43.8 Å². The lowest BCUT2D eigenvalue weighted by atomic mass is 10.1. The predicted molar refractivity (Wildman–Crippen MR) is 131 cm³/mol. The molecule has 0 bridgehead atoms. The molecule has 0 radical (unpaired) electrons. The van der Waals surface area contributed by atoms with Crippen LogP contribution in [0.1, 0.15) is 24.6 Å². The second-order valence-corrected chi connectivity index (χ2v) is 9.07. The number of anilines is 3. The van der Waals surface area contributed by atoms with Gasteiger partial charge in [-0.2, -0.15) is 8.75 Å². The molecule has 1 amide bonds. The Morgan fingerprint density at radius 1 is 1.00 bits per heavy atom. The van der Waals surface area contributed by atoms with E-state index in [1.54, 1.807) is 12.4 Å². The number of piperazine rings is 1. The van der Waals surface area contributed by atoms with Crippen LogP contribution in [-0.4, -0.2) is 74.6 Å². The molecule has 0 aliphatic carbocycles. The van der Waals surface area contributed by atoms with Crippen molar-refractivity contribution in [2.24, 2.45) is 0 Å². The molecule has 3 aliphatic rings. The number of fused-ring (bicyclic) bond motifs is 1. The van der Waals surface area contributed by atoms with Crippen LogP contribution in [-0.2, 0) is 4.79 Å². The largest absolute Gasteiger partial charge is 0.357 e. The third kappa shape index (κ3) is 3.74. The first kappa shape index (κ1) is 21.7. The van der Waals surface area contributed by atoms with Gasteiger partial charge in [-0.25, -0.2) is 14.4 Å². The van der Waals surface area contributed by atoms with E-state index in [4.69, 9.17) is 0 Å². The number of carbonyl (C=O) groups excluding carboxylic acids is 2. The van der Waals surface area contributed by atoms with Gasteiger partial charge in [-0.1, -0.05) is 0 Å². The van der Waals surface area contributed by atoms with Crippen LogP contribution in [0.2, 0.25) is 0 Å². The van der Waals surface area contributed by atoms with Gasteiger partial charge < -0.3 is 25.1 Å². The molecule has 0 atom stereocenters. The van der Waals surface area contributed by atoms with E-state index >= 15 is 0 Å². The van der Waals surface area contributed by atoms with Gasteiger partial charge in [0.15, 0.2) is 23.3 Å². The second-order valence-electron chi connectivity index (χ2n) is 8.54. The molecule has 3 aliphatic heterocycles. The summed E-state index contributed by atoms with van der Waals surface area (Å²) in [5.41, 5.74) is 5.91. The number of aromatic nitrogens is 4. The zero-order valence-corrected chi connectivity index (χ0v) is 19.5. The average Bonchev–Trinajstić information content (AvgIpc) is 3.70. The number of Topliss-reactive ketones (excluding diaryl/α,β-unsaturated/α-hetero) is 1. The van der Waals surface area contributed by atoms with E-state index < -0.39 is 17.5 Å². The van der Waals surface area contributed by atoms with E-state index in [-0.39, 0.29) is 12.4 Å². The minimum absolute atomic E-state index is 0. The third-order valence-electron chi connectivity index (χ3n) is 6.53. The Balaban J connectivity index is 0.00000267. The summed E-state index contributed by atoms with van der Waals surface area (Å²) in [6, 6.07) is 0. The molecule has 0 spiro atoms. The highest BCUT2D eigenvalue weighted by atomic mass is 32.1. The number of nitrogens with one attached hydrogen (secondary N) is 3. The number of nitrogens with zero attached hydrogens (tertiary/aromatic N) is 7. The van der Waals surface area contributed by atoms with Crippen LogP contribution >= 0.6 is 11.7 Å². The zero-order chi connectivity index (χ0) is 23.9. The molecule has 184 valence electrons. The Morgan fingerprint density at radius 2 is 1.71 bits per heavy atom.